The summed E-state index contributed by atoms with van der Waals surface area (Å²) in [6.45, 7) is 2.41. The van der Waals surface area contributed by atoms with Crippen molar-refractivity contribution >= 4 is 29.1 Å². The maximum atomic E-state index is 12.4. The van der Waals surface area contributed by atoms with Gasteiger partial charge in [-0.3, -0.25) is 4.79 Å². The van der Waals surface area contributed by atoms with Crippen molar-refractivity contribution in [3.05, 3.63) is 64.5 Å². The zero-order valence-electron chi connectivity index (χ0n) is 14.6. The quantitative estimate of drug-likeness (QED) is 0.579. The van der Waals surface area contributed by atoms with E-state index in [1.54, 1.807) is 53.4 Å². The largest absolute Gasteiger partial charge is 0.482 e. The molecule has 0 saturated heterocycles. The summed E-state index contributed by atoms with van der Waals surface area (Å²) in [5.41, 5.74) is 0.783. The van der Waals surface area contributed by atoms with Crippen LogP contribution in [-0.4, -0.2) is 34.1 Å². The Morgan fingerprint density at radius 3 is 2.59 bits per heavy atom. The van der Waals surface area contributed by atoms with Crippen molar-refractivity contribution in [3.8, 4) is 17.1 Å². The molecule has 0 N–H and O–H groups in total. The number of aromatic nitrogens is 2. The third-order valence-electron chi connectivity index (χ3n) is 3.82. The molecule has 140 valence electrons. The molecule has 3 aromatic rings. The number of para-hydroxylation sites is 1. The van der Waals surface area contributed by atoms with Crippen LogP contribution in [-0.2, 0) is 11.3 Å². The molecule has 0 aliphatic heterocycles. The average molecular weight is 406 g/mol. The summed E-state index contributed by atoms with van der Waals surface area (Å²) in [6, 6.07) is 14.1. The summed E-state index contributed by atoms with van der Waals surface area (Å²) in [4.78, 5) is 18.3. The lowest BCUT2D eigenvalue weighted by Gasteiger charge is -2.19. The molecule has 0 spiro atoms. The zero-order valence-corrected chi connectivity index (χ0v) is 16.1. The molecule has 2 aromatic carbocycles. The summed E-state index contributed by atoms with van der Waals surface area (Å²) in [6.07, 6.45) is 0. The van der Waals surface area contributed by atoms with Gasteiger partial charge in [0.2, 0.25) is 11.7 Å². The van der Waals surface area contributed by atoms with Gasteiger partial charge in [0.05, 0.1) is 5.02 Å². The molecule has 8 heteroatoms. The standard InChI is InChI=1S/C19H17Cl2N3O3/c1-2-24(18(25)12-26-16-6-4-3-5-15(16)21)11-17-22-19(23-27-17)13-7-9-14(20)10-8-13/h3-10H,2,11-12H2,1H3. The lowest BCUT2D eigenvalue weighted by atomic mass is 10.2. The van der Waals surface area contributed by atoms with Gasteiger partial charge in [-0.2, -0.15) is 4.98 Å². The van der Waals surface area contributed by atoms with E-state index in [4.69, 9.17) is 32.5 Å². The van der Waals surface area contributed by atoms with Gasteiger partial charge in [-0.25, -0.2) is 0 Å². The Morgan fingerprint density at radius 1 is 1.15 bits per heavy atom. The summed E-state index contributed by atoms with van der Waals surface area (Å²) in [5.74, 6) is 1.04. The van der Waals surface area contributed by atoms with Crippen LogP contribution in [0, 0.1) is 0 Å². The number of hydrogen-bond acceptors (Lipinski definition) is 5. The molecule has 0 saturated carbocycles. The van der Waals surface area contributed by atoms with Gasteiger partial charge in [0.25, 0.3) is 5.91 Å². The highest BCUT2D eigenvalue weighted by Gasteiger charge is 2.17. The number of halogens is 2. The van der Waals surface area contributed by atoms with Gasteiger partial charge >= 0.3 is 0 Å². The van der Waals surface area contributed by atoms with Crippen LogP contribution in [0.15, 0.2) is 53.1 Å². The Hall–Kier alpha value is -2.57. The molecule has 0 aliphatic carbocycles. The predicted molar refractivity (Wildman–Crippen MR) is 103 cm³/mol. The number of ether oxygens (including phenoxy) is 1. The number of benzene rings is 2. The highest BCUT2D eigenvalue weighted by molar-refractivity contribution is 6.32. The second-order valence-corrected chi connectivity index (χ2v) is 6.49. The molecule has 0 unspecified atom stereocenters. The predicted octanol–water partition coefficient (Wildman–Crippen LogP) is 4.47. The highest BCUT2D eigenvalue weighted by atomic mass is 35.5. The van der Waals surface area contributed by atoms with Crippen molar-refractivity contribution in [1.82, 2.24) is 15.0 Å². The first-order valence-corrected chi connectivity index (χ1v) is 9.06. The smallest absolute Gasteiger partial charge is 0.260 e. The van der Waals surface area contributed by atoms with Crippen molar-refractivity contribution in [2.75, 3.05) is 13.2 Å². The van der Waals surface area contributed by atoms with Gasteiger partial charge in [-0.15, -0.1) is 0 Å². The van der Waals surface area contributed by atoms with E-state index in [1.165, 1.54) is 0 Å². The Labute approximate surface area is 166 Å². The monoisotopic (exact) mass is 405 g/mol. The maximum Gasteiger partial charge on any atom is 0.260 e. The average Bonchev–Trinajstić information content (AvgIpc) is 3.14. The van der Waals surface area contributed by atoms with E-state index < -0.39 is 0 Å². The molecule has 0 fully saturated rings. The Kier molecular flexibility index (Phi) is 6.32. The van der Waals surface area contributed by atoms with E-state index in [-0.39, 0.29) is 19.1 Å². The summed E-state index contributed by atoms with van der Waals surface area (Å²) >= 11 is 11.9. The fourth-order valence-electron chi connectivity index (χ4n) is 2.37. The molecule has 1 aromatic heterocycles. The van der Waals surface area contributed by atoms with Crippen LogP contribution in [0.2, 0.25) is 10.0 Å². The van der Waals surface area contributed by atoms with Crippen LogP contribution in [0.4, 0.5) is 0 Å². The lowest BCUT2D eigenvalue weighted by Crippen LogP contribution is -2.34. The summed E-state index contributed by atoms with van der Waals surface area (Å²) in [7, 11) is 0. The molecule has 6 nitrogen and oxygen atoms in total. The molecule has 3 rings (SSSR count). The van der Waals surface area contributed by atoms with E-state index >= 15 is 0 Å². The third kappa shape index (κ3) is 4.99. The summed E-state index contributed by atoms with van der Waals surface area (Å²) in [5, 5.41) is 5.04. The van der Waals surface area contributed by atoms with Gasteiger partial charge < -0.3 is 14.2 Å². The number of hydrogen-bond donors (Lipinski definition) is 0. The first-order valence-electron chi connectivity index (χ1n) is 8.30. The molecule has 0 atom stereocenters. The molecular formula is C19H17Cl2N3O3. The van der Waals surface area contributed by atoms with Gasteiger partial charge in [-0.1, -0.05) is 40.5 Å². The number of likely N-dealkylation sites (N-methyl/N-ethyl adjacent to an activating group) is 1. The zero-order chi connectivity index (χ0) is 19.2. The van der Waals surface area contributed by atoms with Crippen molar-refractivity contribution in [3.63, 3.8) is 0 Å². The van der Waals surface area contributed by atoms with Gasteiger partial charge in [0, 0.05) is 17.1 Å². The van der Waals surface area contributed by atoms with Crippen LogP contribution in [0.1, 0.15) is 12.8 Å². The highest BCUT2D eigenvalue weighted by Crippen LogP contribution is 2.23. The number of nitrogens with zero attached hydrogens (tertiary/aromatic N) is 3. The molecule has 1 heterocycles. The fraction of sp³-hybridized carbons (Fsp3) is 0.211. The first-order chi connectivity index (χ1) is 13.1. The lowest BCUT2D eigenvalue weighted by molar-refractivity contribution is -0.134. The molecule has 0 bridgehead atoms. The van der Waals surface area contributed by atoms with Crippen molar-refractivity contribution < 1.29 is 14.1 Å². The maximum absolute atomic E-state index is 12.4. The molecule has 1 amide bonds. The minimum atomic E-state index is -0.205. The van der Waals surface area contributed by atoms with E-state index in [9.17, 15) is 4.79 Å². The van der Waals surface area contributed by atoms with Crippen LogP contribution >= 0.6 is 23.2 Å². The van der Waals surface area contributed by atoms with Gasteiger partial charge in [0.15, 0.2) is 6.61 Å². The third-order valence-corrected chi connectivity index (χ3v) is 4.38. The minimum absolute atomic E-state index is 0.129. The van der Waals surface area contributed by atoms with E-state index in [0.717, 1.165) is 5.56 Å². The Morgan fingerprint density at radius 2 is 1.89 bits per heavy atom. The number of amides is 1. The number of carbonyl (C=O) groups is 1. The van der Waals surface area contributed by atoms with E-state index in [0.29, 0.717) is 34.1 Å². The Bertz CT molecular complexity index is 913. The molecular weight excluding hydrogens is 389 g/mol. The second kappa shape index (κ2) is 8.88. The fourth-order valence-corrected chi connectivity index (χ4v) is 2.68. The van der Waals surface area contributed by atoms with Crippen molar-refractivity contribution in [2.24, 2.45) is 0 Å². The van der Waals surface area contributed by atoms with Crippen molar-refractivity contribution in [2.45, 2.75) is 13.5 Å². The van der Waals surface area contributed by atoms with E-state index in [2.05, 4.69) is 10.1 Å². The SMILES string of the molecule is CCN(Cc1nc(-c2ccc(Cl)cc2)no1)C(=O)COc1ccccc1Cl. The van der Waals surface area contributed by atoms with Crippen molar-refractivity contribution in [1.29, 1.82) is 0 Å². The van der Waals surface area contributed by atoms with Crippen LogP contribution in [0.5, 0.6) is 5.75 Å². The second-order valence-electron chi connectivity index (χ2n) is 5.65. The van der Waals surface area contributed by atoms with Gasteiger partial charge in [-0.05, 0) is 43.3 Å². The summed E-state index contributed by atoms with van der Waals surface area (Å²) < 4.78 is 10.8. The van der Waals surface area contributed by atoms with Crippen LogP contribution < -0.4 is 4.74 Å². The Balaban J connectivity index is 1.62. The van der Waals surface area contributed by atoms with E-state index in [1.807, 2.05) is 6.92 Å². The van der Waals surface area contributed by atoms with Crippen LogP contribution in [0.25, 0.3) is 11.4 Å². The topological polar surface area (TPSA) is 68.5 Å². The first kappa shape index (κ1) is 19.2. The van der Waals surface area contributed by atoms with Gasteiger partial charge in [0.1, 0.15) is 12.3 Å². The minimum Gasteiger partial charge on any atom is -0.482 e. The molecule has 0 aliphatic rings. The number of carbonyl (C=O) groups excluding carboxylic acids is 1. The molecule has 27 heavy (non-hydrogen) atoms. The molecule has 0 radical (unpaired) electrons. The van der Waals surface area contributed by atoms with Crippen LogP contribution in [0.3, 0.4) is 0 Å². The normalized spacial score (nSPS) is 10.6. The number of rotatable bonds is 7.